The molecule has 1 aromatic heterocycles. The minimum Gasteiger partial charge on any atom is -0.497 e. The Hall–Kier alpha value is -4.57. The Kier molecular flexibility index (Phi) is 7.12. The highest BCUT2D eigenvalue weighted by Gasteiger charge is 2.18. The van der Waals surface area contributed by atoms with Gasteiger partial charge in [-0.05, 0) is 48.5 Å². The van der Waals surface area contributed by atoms with E-state index in [0.717, 1.165) is 11.3 Å². The van der Waals surface area contributed by atoms with Crippen LogP contribution in [0.1, 0.15) is 27.6 Å². The molecule has 0 fully saturated rings. The molecule has 35 heavy (non-hydrogen) atoms. The quantitative estimate of drug-likeness (QED) is 0.348. The normalized spacial score (nSPS) is 10.3. The zero-order valence-corrected chi connectivity index (χ0v) is 19.7. The minimum atomic E-state index is -0.465. The van der Waals surface area contributed by atoms with Crippen molar-refractivity contribution in [2.45, 2.75) is 6.92 Å². The summed E-state index contributed by atoms with van der Waals surface area (Å²) >= 11 is 1.22. The Bertz CT molecular complexity index is 1380. The fourth-order valence-electron chi connectivity index (χ4n) is 3.25. The molecule has 0 radical (unpaired) electrons. The second kappa shape index (κ2) is 10.6. The molecular weight excluding hydrogens is 466 g/mol. The summed E-state index contributed by atoms with van der Waals surface area (Å²) in [7, 11) is 1.59. The van der Waals surface area contributed by atoms with Crippen LogP contribution in [0.2, 0.25) is 0 Å². The van der Waals surface area contributed by atoms with Crippen molar-refractivity contribution in [3.63, 3.8) is 0 Å². The van der Waals surface area contributed by atoms with Crippen LogP contribution < -0.4 is 20.7 Å². The zero-order chi connectivity index (χ0) is 24.8. The van der Waals surface area contributed by atoms with Gasteiger partial charge in [0.05, 0.1) is 29.6 Å². The summed E-state index contributed by atoms with van der Waals surface area (Å²) in [5.74, 6) is -0.484. The number of hydrogen-bond acceptors (Lipinski definition) is 7. The average molecular weight is 488 g/mol. The molecule has 1 heterocycles. The number of methoxy groups -OCH3 is 1. The van der Waals surface area contributed by atoms with E-state index < -0.39 is 11.8 Å². The molecular formula is C25H21N5O4S. The van der Waals surface area contributed by atoms with Crippen molar-refractivity contribution in [3.8, 4) is 16.3 Å². The lowest BCUT2D eigenvalue weighted by Crippen LogP contribution is -2.20. The van der Waals surface area contributed by atoms with E-state index in [9.17, 15) is 14.4 Å². The van der Waals surface area contributed by atoms with Gasteiger partial charge in [-0.15, -0.1) is 10.2 Å². The van der Waals surface area contributed by atoms with Crippen molar-refractivity contribution < 1.29 is 19.1 Å². The highest BCUT2D eigenvalue weighted by molar-refractivity contribution is 7.18. The highest BCUT2D eigenvalue weighted by atomic mass is 32.1. The molecule has 0 unspecified atom stereocenters. The predicted molar refractivity (Wildman–Crippen MR) is 135 cm³/mol. The molecule has 0 saturated heterocycles. The van der Waals surface area contributed by atoms with Crippen LogP contribution in [0.25, 0.3) is 10.6 Å². The van der Waals surface area contributed by atoms with Gasteiger partial charge in [0.1, 0.15) is 10.8 Å². The van der Waals surface area contributed by atoms with Crippen molar-refractivity contribution in [2.75, 3.05) is 23.1 Å². The van der Waals surface area contributed by atoms with E-state index in [0.29, 0.717) is 21.5 Å². The first-order valence-electron chi connectivity index (χ1n) is 10.5. The van der Waals surface area contributed by atoms with E-state index in [4.69, 9.17) is 4.74 Å². The van der Waals surface area contributed by atoms with Crippen LogP contribution in [0.4, 0.5) is 16.5 Å². The number of rotatable bonds is 7. The zero-order valence-electron chi connectivity index (χ0n) is 18.9. The molecule has 9 nitrogen and oxygen atoms in total. The van der Waals surface area contributed by atoms with Crippen molar-refractivity contribution in [1.29, 1.82) is 0 Å². The Morgan fingerprint density at radius 1 is 0.743 bits per heavy atom. The first kappa shape index (κ1) is 23.6. The summed E-state index contributed by atoms with van der Waals surface area (Å²) in [6.07, 6.45) is 0. The van der Waals surface area contributed by atoms with Crippen LogP contribution in [0.5, 0.6) is 5.75 Å². The van der Waals surface area contributed by atoms with Crippen LogP contribution in [-0.4, -0.2) is 35.0 Å². The summed E-state index contributed by atoms with van der Waals surface area (Å²) in [6, 6.07) is 20.6. The first-order chi connectivity index (χ1) is 16.9. The maximum atomic E-state index is 13.0. The maximum absolute atomic E-state index is 13.0. The van der Waals surface area contributed by atoms with Gasteiger partial charge in [0, 0.05) is 12.5 Å². The lowest BCUT2D eigenvalue weighted by molar-refractivity contribution is -0.114. The molecule has 3 N–H and O–H groups in total. The number of nitrogens with zero attached hydrogens (tertiary/aromatic N) is 2. The monoisotopic (exact) mass is 487 g/mol. The van der Waals surface area contributed by atoms with Crippen molar-refractivity contribution in [3.05, 3.63) is 83.9 Å². The number of nitrogens with one attached hydrogen (secondary N) is 3. The van der Waals surface area contributed by atoms with Gasteiger partial charge in [-0.2, -0.15) is 0 Å². The molecule has 10 heteroatoms. The lowest BCUT2D eigenvalue weighted by Gasteiger charge is -2.13. The summed E-state index contributed by atoms with van der Waals surface area (Å²) in [4.78, 5) is 37.4. The molecule has 0 aliphatic carbocycles. The SMILES string of the molecule is COc1ccc(-c2nnc(NC(=O)c3ccccc3NC(=O)c3ccccc3NC(C)=O)s2)cc1. The number of aromatic nitrogens is 2. The molecule has 3 aromatic carbocycles. The Balaban J connectivity index is 1.50. The van der Waals surface area contributed by atoms with E-state index in [-0.39, 0.29) is 17.0 Å². The molecule has 0 saturated carbocycles. The Labute approximate surface area is 205 Å². The van der Waals surface area contributed by atoms with Gasteiger partial charge in [0.2, 0.25) is 11.0 Å². The van der Waals surface area contributed by atoms with E-state index >= 15 is 0 Å². The fraction of sp³-hybridized carbons (Fsp3) is 0.0800. The van der Waals surface area contributed by atoms with Gasteiger partial charge < -0.3 is 15.4 Å². The summed E-state index contributed by atoms with van der Waals surface area (Å²) in [5.41, 5.74) is 2.05. The minimum absolute atomic E-state index is 0.249. The van der Waals surface area contributed by atoms with Gasteiger partial charge in [-0.25, -0.2) is 0 Å². The molecule has 4 aromatic rings. The molecule has 3 amide bonds. The van der Waals surface area contributed by atoms with Crippen molar-refractivity contribution in [1.82, 2.24) is 10.2 Å². The number of carbonyl (C=O) groups is 3. The van der Waals surface area contributed by atoms with E-state index in [1.807, 2.05) is 24.3 Å². The van der Waals surface area contributed by atoms with Crippen molar-refractivity contribution in [2.24, 2.45) is 0 Å². The van der Waals surface area contributed by atoms with Crippen molar-refractivity contribution >= 4 is 45.6 Å². The predicted octanol–water partition coefficient (Wildman–Crippen LogP) is 4.68. The van der Waals surface area contributed by atoms with Gasteiger partial charge in [-0.3, -0.25) is 19.7 Å². The summed E-state index contributed by atoms with van der Waals surface area (Å²) in [6.45, 7) is 1.36. The van der Waals surface area contributed by atoms with Crippen LogP contribution in [0.3, 0.4) is 0 Å². The number of anilines is 3. The smallest absolute Gasteiger partial charge is 0.259 e. The number of hydrogen-bond donors (Lipinski definition) is 3. The van der Waals surface area contributed by atoms with Gasteiger partial charge >= 0.3 is 0 Å². The second-order valence-corrected chi connectivity index (χ2v) is 8.30. The lowest BCUT2D eigenvalue weighted by atomic mass is 10.1. The standard InChI is InChI=1S/C25H21N5O4S/c1-15(31)26-20-9-5-3-7-18(20)22(32)27-21-10-6-4-8-19(21)23(33)28-25-30-29-24(35-25)16-11-13-17(34-2)14-12-16/h3-14H,1-2H3,(H,26,31)(H,27,32)(H,28,30,33). The van der Waals surface area contributed by atoms with E-state index in [1.54, 1.807) is 55.6 Å². The van der Waals surface area contributed by atoms with Crippen LogP contribution in [-0.2, 0) is 4.79 Å². The van der Waals surface area contributed by atoms with E-state index in [1.165, 1.54) is 18.3 Å². The van der Waals surface area contributed by atoms with Gasteiger partial charge in [0.25, 0.3) is 11.8 Å². The summed E-state index contributed by atoms with van der Waals surface area (Å²) in [5, 5.41) is 17.3. The van der Waals surface area contributed by atoms with Gasteiger partial charge in [-0.1, -0.05) is 35.6 Å². The second-order valence-electron chi connectivity index (χ2n) is 7.32. The number of amides is 3. The third kappa shape index (κ3) is 5.68. The third-order valence-electron chi connectivity index (χ3n) is 4.88. The highest BCUT2D eigenvalue weighted by Crippen LogP contribution is 2.28. The molecule has 0 atom stereocenters. The Morgan fingerprint density at radius 2 is 1.31 bits per heavy atom. The Morgan fingerprint density at radius 3 is 1.91 bits per heavy atom. The fourth-order valence-corrected chi connectivity index (χ4v) is 3.99. The largest absolute Gasteiger partial charge is 0.497 e. The van der Waals surface area contributed by atoms with Crippen LogP contribution in [0, 0.1) is 0 Å². The molecule has 0 spiro atoms. The van der Waals surface area contributed by atoms with Crippen LogP contribution in [0.15, 0.2) is 72.8 Å². The molecule has 176 valence electrons. The topological polar surface area (TPSA) is 122 Å². The number of ether oxygens (including phenoxy) is 1. The number of carbonyl (C=O) groups excluding carboxylic acids is 3. The molecule has 0 bridgehead atoms. The third-order valence-corrected chi connectivity index (χ3v) is 5.77. The molecule has 4 rings (SSSR count). The first-order valence-corrected chi connectivity index (χ1v) is 11.3. The molecule has 0 aliphatic heterocycles. The summed E-state index contributed by atoms with van der Waals surface area (Å²) < 4.78 is 5.16. The van der Waals surface area contributed by atoms with E-state index in [2.05, 4.69) is 26.1 Å². The number of benzene rings is 3. The average Bonchev–Trinajstić information content (AvgIpc) is 3.32. The number of para-hydroxylation sites is 2. The maximum Gasteiger partial charge on any atom is 0.259 e. The molecule has 0 aliphatic rings. The van der Waals surface area contributed by atoms with Gasteiger partial charge in [0.15, 0.2) is 0 Å². The van der Waals surface area contributed by atoms with Crippen LogP contribution >= 0.6 is 11.3 Å².